The van der Waals surface area contributed by atoms with Crippen molar-refractivity contribution in [1.29, 1.82) is 0 Å². The predicted molar refractivity (Wildman–Crippen MR) is 127 cm³/mol. The minimum atomic E-state index is -0.485. The minimum absolute atomic E-state index is 0.0816. The average molecular weight is 461 g/mol. The number of fused-ring (bicyclic) bond motifs is 1. The van der Waals surface area contributed by atoms with Crippen molar-refractivity contribution in [2.45, 2.75) is 11.3 Å². The lowest BCUT2D eigenvalue weighted by Crippen LogP contribution is -2.28. The molecule has 0 radical (unpaired) electrons. The third-order valence-corrected chi connectivity index (χ3v) is 6.38. The second-order valence-electron chi connectivity index (χ2n) is 7.64. The monoisotopic (exact) mass is 460 g/mol. The molecule has 0 saturated carbocycles. The maximum Gasteiger partial charge on any atom is 0.261 e. The molecule has 9 nitrogen and oxygen atoms in total. The summed E-state index contributed by atoms with van der Waals surface area (Å²) in [7, 11) is 0. The number of anilines is 2. The number of aromatic amines is 1. The fourth-order valence-corrected chi connectivity index (χ4v) is 4.33. The van der Waals surface area contributed by atoms with E-state index in [4.69, 9.17) is 0 Å². The number of benzene rings is 2. The Kier molecular flexibility index (Phi) is 5.43. The molecule has 1 fully saturated rings. The third-order valence-electron chi connectivity index (χ3n) is 5.64. The molecule has 1 saturated heterocycles. The van der Waals surface area contributed by atoms with Gasteiger partial charge in [-0.05, 0) is 42.7 Å². The lowest BCUT2D eigenvalue weighted by molar-refractivity contribution is -0.122. The van der Waals surface area contributed by atoms with Gasteiger partial charge >= 0.3 is 0 Å². The SMILES string of the molecule is CSc1ccc(N2CC(C(=O)Nc3ccccc3-n3ncc4c(=O)[nH]cnc43)CC2=O)cc1. The van der Waals surface area contributed by atoms with Gasteiger partial charge < -0.3 is 15.2 Å². The molecular formula is C23H20N6O3S. The van der Waals surface area contributed by atoms with Gasteiger partial charge in [-0.3, -0.25) is 14.4 Å². The van der Waals surface area contributed by atoms with E-state index in [9.17, 15) is 14.4 Å². The standard InChI is InChI=1S/C23H20N6O3S/c1-33-16-8-6-15(7-9-16)28-12-14(10-20(28)30)22(31)27-18-4-2-3-5-19(18)29-21-17(11-26-29)23(32)25-13-24-21/h2-9,11,13-14H,10,12H2,1H3,(H,27,31)(H,24,25,32). The number of hydrogen-bond acceptors (Lipinski definition) is 6. The Morgan fingerprint density at radius 1 is 1.15 bits per heavy atom. The summed E-state index contributed by atoms with van der Waals surface area (Å²) in [6.45, 7) is 0.313. The smallest absolute Gasteiger partial charge is 0.261 e. The molecule has 10 heteroatoms. The first-order chi connectivity index (χ1) is 16.0. The zero-order chi connectivity index (χ0) is 22.9. The van der Waals surface area contributed by atoms with Crippen LogP contribution < -0.4 is 15.8 Å². The molecule has 166 valence electrons. The van der Waals surface area contributed by atoms with E-state index in [2.05, 4.69) is 20.4 Å². The first kappa shape index (κ1) is 21.0. The molecule has 0 bridgehead atoms. The summed E-state index contributed by atoms with van der Waals surface area (Å²) in [4.78, 5) is 47.2. The van der Waals surface area contributed by atoms with Crippen LogP contribution in [0.1, 0.15) is 6.42 Å². The lowest BCUT2D eigenvalue weighted by Gasteiger charge is -2.17. The molecule has 33 heavy (non-hydrogen) atoms. The number of rotatable bonds is 5. The number of amides is 2. The molecule has 1 aliphatic rings. The predicted octanol–water partition coefficient (Wildman–Crippen LogP) is 2.82. The van der Waals surface area contributed by atoms with E-state index < -0.39 is 5.92 Å². The van der Waals surface area contributed by atoms with Crippen LogP contribution in [0, 0.1) is 5.92 Å². The van der Waals surface area contributed by atoms with Gasteiger partial charge in [-0.25, -0.2) is 9.67 Å². The van der Waals surface area contributed by atoms with Gasteiger partial charge in [-0.1, -0.05) is 12.1 Å². The van der Waals surface area contributed by atoms with E-state index >= 15 is 0 Å². The van der Waals surface area contributed by atoms with Gasteiger partial charge in [0.25, 0.3) is 5.56 Å². The van der Waals surface area contributed by atoms with Crippen LogP contribution >= 0.6 is 11.8 Å². The van der Waals surface area contributed by atoms with Crippen LogP contribution in [0.3, 0.4) is 0 Å². The Balaban J connectivity index is 1.38. The highest BCUT2D eigenvalue weighted by Crippen LogP contribution is 2.29. The second-order valence-corrected chi connectivity index (χ2v) is 8.51. The van der Waals surface area contributed by atoms with Crippen molar-refractivity contribution >= 4 is 46.0 Å². The van der Waals surface area contributed by atoms with E-state index in [0.29, 0.717) is 29.0 Å². The number of para-hydroxylation sites is 2. The molecular weight excluding hydrogens is 440 g/mol. The first-order valence-corrected chi connectivity index (χ1v) is 11.5. The average Bonchev–Trinajstić information content (AvgIpc) is 3.44. The van der Waals surface area contributed by atoms with Crippen LogP contribution in [0.2, 0.25) is 0 Å². The normalized spacial score (nSPS) is 15.8. The fraction of sp³-hybridized carbons (Fsp3) is 0.174. The Bertz CT molecular complexity index is 1410. The van der Waals surface area contributed by atoms with Crippen molar-refractivity contribution in [2.75, 3.05) is 23.0 Å². The van der Waals surface area contributed by atoms with Crippen LogP contribution in [0.15, 0.2) is 70.7 Å². The van der Waals surface area contributed by atoms with Crippen LogP contribution in [0.25, 0.3) is 16.7 Å². The van der Waals surface area contributed by atoms with Gasteiger partial charge in [-0.15, -0.1) is 11.8 Å². The van der Waals surface area contributed by atoms with Crippen LogP contribution in [-0.4, -0.2) is 44.4 Å². The molecule has 2 aromatic heterocycles. The highest BCUT2D eigenvalue weighted by molar-refractivity contribution is 7.98. The highest BCUT2D eigenvalue weighted by Gasteiger charge is 2.35. The number of nitrogens with one attached hydrogen (secondary N) is 2. The van der Waals surface area contributed by atoms with Gasteiger partial charge in [0.15, 0.2) is 5.65 Å². The third kappa shape index (κ3) is 3.89. The largest absolute Gasteiger partial charge is 0.324 e. The van der Waals surface area contributed by atoms with Gasteiger partial charge in [0.1, 0.15) is 5.39 Å². The number of nitrogens with zero attached hydrogens (tertiary/aromatic N) is 4. The lowest BCUT2D eigenvalue weighted by atomic mass is 10.1. The Hall–Kier alpha value is -3.92. The van der Waals surface area contributed by atoms with Crippen molar-refractivity contribution in [2.24, 2.45) is 5.92 Å². The summed E-state index contributed by atoms with van der Waals surface area (Å²) in [6, 6.07) is 14.9. The van der Waals surface area contributed by atoms with E-state index in [0.717, 1.165) is 10.6 Å². The second kappa shape index (κ2) is 8.55. The molecule has 1 atom stereocenters. The number of carbonyl (C=O) groups excluding carboxylic acids is 2. The molecule has 0 spiro atoms. The number of aromatic nitrogens is 4. The van der Waals surface area contributed by atoms with Crippen molar-refractivity contribution in [3.63, 3.8) is 0 Å². The Labute approximate surface area is 192 Å². The van der Waals surface area contributed by atoms with Gasteiger partial charge in [0.2, 0.25) is 11.8 Å². The molecule has 4 aromatic rings. The summed E-state index contributed by atoms with van der Waals surface area (Å²) in [5.74, 6) is -0.816. The van der Waals surface area contributed by atoms with Gasteiger partial charge in [0.05, 0.1) is 29.8 Å². The highest BCUT2D eigenvalue weighted by atomic mass is 32.2. The summed E-state index contributed by atoms with van der Waals surface area (Å²) >= 11 is 1.63. The molecule has 1 aliphatic heterocycles. The van der Waals surface area contributed by atoms with E-state index in [1.165, 1.54) is 17.2 Å². The molecule has 2 amide bonds. The Morgan fingerprint density at radius 2 is 1.94 bits per heavy atom. The summed E-state index contributed by atoms with van der Waals surface area (Å²) in [6.07, 6.45) is 4.89. The van der Waals surface area contributed by atoms with Crippen LogP contribution in [0.5, 0.6) is 0 Å². The molecule has 2 aromatic carbocycles. The zero-order valence-electron chi connectivity index (χ0n) is 17.7. The van der Waals surface area contributed by atoms with E-state index in [1.807, 2.05) is 36.6 Å². The van der Waals surface area contributed by atoms with Crippen molar-refractivity contribution in [1.82, 2.24) is 19.7 Å². The van der Waals surface area contributed by atoms with E-state index in [1.54, 1.807) is 34.9 Å². The quantitative estimate of drug-likeness (QED) is 0.443. The number of H-pyrrole nitrogens is 1. The van der Waals surface area contributed by atoms with Gasteiger partial charge in [-0.2, -0.15) is 5.10 Å². The van der Waals surface area contributed by atoms with Crippen molar-refractivity contribution in [3.05, 3.63) is 71.4 Å². The topological polar surface area (TPSA) is 113 Å². The van der Waals surface area contributed by atoms with Gasteiger partial charge in [0, 0.05) is 23.5 Å². The number of hydrogen-bond donors (Lipinski definition) is 2. The molecule has 5 rings (SSSR count). The van der Waals surface area contributed by atoms with Crippen LogP contribution in [-0.2, 0) is 9.59 Å². The molecule has 2 N–H and O–H groups in total. The minimum Gasteiger partial charge on any atom is -0.324 e. The maximum absolute atomic E-state index is 13.1. The Morgan fingerprint density at radius 3 is 2.73 bits per heavy atom. The summed E-state index contributed by atoms with van der Waals surface area (Å²) < 4.78 is 1.51. The van der Waals surface area contributed by atoms with E-state index in [-0.39, 0.29) is 23.8 Å². The summed E-state index contributed by atoms with van der Waals surface area (Å²) in [5, 5.41) is 7.57. The number of carbonyl (C=O) groups is 2. The summed E-state index contributed by atoms with van der Waals surface area (Å²) in [5.41, 5.74) is 1.98. The van der Waals surface area contributed by atoms with Crippen molar-refractivity contribution < 1.29 is 9.59 Å². The maximum atomic E-state index is 13.1. The molecule has 1 unspecified atom stereocenters. The van der Waals surface area contributed by atoms with Crippen LogP contribution in [0.4, 0.5) is 11.4 Å². The first-order valence-electron chi connectivity index (χ1n) is 10.3. The molecule has 0 aliphatic carbocycles. The number of thioether (sulfide) groups is 1. The molecule has 3 heterocycles. The zero-order valence-corrected chi connectivity index (χ0v) is 18.5. The fourth-order valence-electron chi connectivity index (χ4n) is 3.93. The van der Waals surface area contributed by atoms with Crippen molar-refractivity contribution in [3.8, 4) is 5.69 Å².